The molecule has 0 unspecified atom stereocenters. The molecule has 34 heavy (non-hydrogen) atoms. The Balaban J connectivity index is 2.20. The number of aryl methyl sites for hydroxylation is 1. The molecule has 1 N–H and O–H groups in total. The maximum absolute atomic E-state index is 12.7. The van der Waals surface area contributed by atoms with Crippen molar-refractivity contribution in [2.24, 2.45) is 0 Å². The van der Waals surface area contributed by atoms with E-state index in [1.54, 1.807) is 12.1 Å². The van der Waals surface area contributed by atoms with Gasteiger partial charge in [0.1, 0.15) is 24.4 Å². The largest absolute Gasteiger partial charge is 0.373 e. The predicted molar refractivity (Wildman–Crippen MR) is 129 cm³/mol. The van der Waals surface area contributed by atoms with Gasteiger partial charge in [0.15, 0.2) is 6.29 Å². The molecule has 0 aliphatic carbocycles. The first-order valence-corrected chi connectivity index (χ1v) is 13.9. The van der Waals surface area contributed by atoms with Gasteiger partial charge in [-0.15, -0.1) is 0 Å². The Morgan fingerprint density at radius 3 is 1.85 bits per heavy atom. The summed E-state index contributed by atoms with van der Waals surface area (Å²) in [5.74, 6) is 0. The topological polar surface area (TPSA) is 101 Å². The number of aliphatic hydroxyl groups excluding tert-OH is 1. The standard InChI is InChI=1S/C25H42O8S/c1-5-8-15-29-22-21(18-32-34(27,28)20-13-11-19(4)12-14-20)33-25(26)24(31-17-10-7-3)23(22)30-16-9-6-2/h11-14,21-26H,5-10,15-18H2,1-4H3/t21-,22-,23+,24-,25+/m1/s1. The highest BCUT2D eigenvalue weighted by Gasteiger charge is 2.48. The van der Waals surface area contributed by atoms with Gasteiger partial charge < -0.3 is 24.1 Å². The van der Waals surface area contributed by atoms with Crippen molar-refractivity contribution >= 4 is 10.1 Å². The van der Waals surface area contributed by atoms with Gasteiger partial charge in [-0.3, -0.25) is 4.18 Å². The zero-order valence-electron chi connectivity index (χ0n) is 21.0. The van der Waals surface area contributed by atoms with Crippen LogP contribution in [-0.4, -0.2) is 70.7 Å². The lowest BCUT2D eigenvalue weighted by molar-refractivity contribution is -0.309. The van der Waals surface area contributed by atoms with E-state index in [1.165, 1.54) is 12.1 Å². The van der Waals surface area contributed by atoms with Crippen molar-refractivity contribution in [3.63, 3.8) is 0 Å². The van der Waals surface area contributed by atoms with Gasteiger partial charge in [-0.1, -0.05) is 57.7 Å². The highest BCUT2D eigenvalue weighted by Crippen LogP contribution is 2.29. The van der Waals surface area contributed by atoms with E-state index in [-0.39, 0.29) is 11.5 Å². The third-order valence-corrected chi connectivity index (χ3v) is 7.03. The van der Waals surface area contributed by atoms with Gasteiger partial charge >= 0.3 is 0 Å². The van der Waals surface area contributed by atoms with E-state index in [0.29, 0.717) is 19.8 Å². The third kappa shape index (κ3) is 8.86. The van der Waals surface area contributed by atoms with E-state index in [4.69, 9.17) is 23.1 Å². The lowest BCUT2D eigenvalue weighted by Gasteiger charge is -2.44. The molecule has 0 amide bonds. The molecule has 1 aromatic carbocycles. The van der Waals surface area contributed by atoms with Crippen LogP contribution in [0.25, 0.3) is 0 Å². The van der Waals surface area contributed by atoms with Crippen LogP contribution < -0.4 is 0 Å². The molecule has 1 saturated heterocycles. The zero-order chi connectivity index (χ0) is 25.0. The molecule has 2 rings (SSSR count). The van der Waals surface area contributed by atoms with Gasteiger partial charge in [-0.2, -0.15) is 8.42 Å². The first kappa shape index (κ1) is 29.2. The minimum Gasteiger partial charge on any atom is -0.373 e. The number of aliphatic hydroxyl groups is 1. The summed E-state index contributed by atoms with van der Waals surface area (Å²) >= 11 is 0. The van der Waals surface area contributed by atoms with E-state index in [2.05, 4.69) is 20.8 Å². The summed E-state index contributed by atoms with van der Waals surface area (Å²) in [4.78, 5) is 0.0643. The Hall–Kier alpha value is -1.07. The molecule has 196 valence electrons. The van der Waals surface area contributed by atoms with Crippen LogP contribution in [-0.2, 0) is 33.2 Å². The molecule has 1 aromatic rings. The number of ether oxygens (including phenoxy) is 4. The smallest absolute Gasteiger partial charge is 0.297 e. The van der Waals surface area contributed by atoms with Crippen molar-refractivity contribution in [2.75, 3.05) is 26.4 Å². The maximum Gasteiger partial charge on any atom is 0.297 e. The fraction of sp³-hybridized carbons (Fsp3) is 0.760. The molecule has 1 aliphatic rings. The maximum atomic E-state index is 12.7. The van der Waals surface area contributed by atoms with Crippen LogP contribution in [0.2, 0.25) is 0 Å². The second kappa shape index (κ2) is 15.1. The van der Waals surface area contributed by atoms with Gasteiger partial charge in [-0.05, 0) is 38.3 Å². The summed E-state index contributed by atoms with van der Waals surface area (Å²) < 4.78 is 54.8. The highest BCUT2D eigenvalue weighted by atomic mass is 32.2. The lowest BCUT2D eigenvalue weighted by Crippen LogP contribution is -2.61. The lowest BCUT2D eigenvalue weighted by atomic mass is 9.98. The fourth-order valence-electron chi connectivity index (χ4n) is 3.62. The Labute approximate surface area is 205 Å². The number of rotatable bonds is 16. The van der Waals surface area contributed by atoms with Crippen molar-refractivity contribution in [1.29, 1.82) is 0 Å². The Morgan fingerprint density at radius 2 is 1.32 bits per heavy atom. The second-order valence-electron chi connectivity index (χ2n) is 8.68. The zero-order valence-corrected chi connectivity index (χ0v) is 21.8. The molecule has 1 aliphatic heterocycles. The monoisotopic (exact) mass is 502 g/mol. The average molecular weight is 503 g/mol. The summed E-state index contributed by atoms with van der Waals surface area (Å²) in [7, 11) is -4.00. The molecule has 1 fully saturated rings. The van der Waals surface area contributed by atoms with Crippen LogP contribution in [0.1, 0.15) is 64.9 Å². The van der Waals surface area contributed by atoms with Gasteiger partial charge in [0, 0.05) is 19.8 Å². The molecule has 1 heterocycles. The first-order valence-electron chi connectivity index (χ1n) is 12.5. The number of hydrogen-bond donors (Lipinski definition) is 1. The average Bonchev–Trinajstić information content (AvgIpc) is 2.81. The van der Waals surface area contributed by atoms with Crippen molar-refractivity contribution in [3.8, 4) is 0 Å². The molecular formula is C25H42O8S. The molecule has 0 aromatic heterocycles. The van der Waals surface area contributed by atoms with Gasteiger partial charge in [-0.25, -0.2) is 0 Å². The van der Waals surface area contributed by atoms with E-state index in [0.717, 1.165) is 44.1 Å². The van der Waals surface area contributed by atoms with E-state index in [1.807, 2.05) is 6.92 Å². The van der Waals surface area contributed by atoms with Crippen molar-refractivity contribution < 1.29 is 36.7 Å². The van der Waals surface area contributed by atoms with Crippen LogP contribution in [0.5, 0.6) is 0 Å². The molecule has 8 nitrogen and oxygen atoms in total. The van der Waals surface area contributed by atoms with Gasteiger partial charge in [0.25, 0.3) is 10.1 Å². The minimum absolute atomic E-state index is 0.0643. The quantitative estimate of drug-likeness (QED) is 0.268. The molecule has 5 atom stereocenters. The van der Waals surface area contributed by atoms with Crippen molar-refractivity contribution in [3.05, 3.63) is 29.8 Å². The Kier molecular flexibility index (Phi) is 13.0. The minimum atomic E-state index is -4.00. The van der Waals surface area contributed by atoms with Crippen molar-refractivity contribution in [1.82, 2.24) is 0 Å². The van der Waals surface area contributed by atoms with E-state index >= 15 is 0 Å². The summed E-state index contributed by atoms with van der Waals surface area (Å²) in [6.07, 6.45) is 1.24. The number of unbranched alkanes of at least 4 members (excludes halogenated alkanes) is 3. The Morgan fingerprint density at radius 1 is 0.824 bits per heavy atom. The number of hydrogen-bond acceptors (Lipinski definition) is 8. The van der Waals surface area contributed by atoms with Crippen LogP contribution in [0.3, 0.4) is 0 Å². The third-order valence-electron chi connectivity index (χ3n) is 5.73. The van der Waals surface area contributed by atoms with Crippen LogP contribution in [0, 0.1) is 6.92 Å². The molecular weight excluding hydrogens is 460 g/mol. The molecule has 0 radical (unpaired) electrons. The fourth-order valence-corrected chi connectivity index (χ4v) is 4.54. The van der Waals surface area contributed by atoms with Gasteiger partial charge in [0.2, 0.25) is 0 Å². The van der Waals surface area contributed by atoms with E-state index in [9.17, 15) is 13.5 Å². The van der Waals surface area contributed by atoms with Crippen LogP contribution >= 0.6 is 0 Å². The summed E-state index contributed by atoms with van der Waals surface area (Å²) in [5, 5.41) is 10.7. The molecule has 0 saturated carbocycles. The molecule has 9 heteroatoms. The van der Waals surface area contributed by atoms with Crippen LogP contribution in [0.15, 0.2) is 29.2 Å². The van der Waals surface area contributed by atoms with Gasteiger partial charge in [0.05, 0.1) is 11.5 Å². The Bertz CT molecular complexity index is 783. The molecule has 0 bridgehead atoms. The number of benzene rings is 1. The molecule has 0 spiro atoms. The highest BCUT2D eigenvalue weighted by molar-refractivity contribution is 7.86. The SMILES string of the molecule is CCCCO[C@@H]1[C@@H](OCCCC)[C@@H](O)O[C@H](COS(=O)(=O)c2ccc(C)cc2)[C@H]1OCCCC. The van der Waals surface area contributed by atoms with Crippen LogP contribution in [0.4, 0.5) is 0 Å². The predicted octanol–water partition coefficient (Wildman–Crippen LogP) is 3.97. The summed E-state index contributed by atoms with van der Waals surface area (Å²) in [6, 6.07) is 6.43. The van der Waals surface area contributed by atoms with E-state index < -0.39 is 40.8 Å². The normalized spacial score (nSPS) is 25.5. The van der Waals surface area contributed by atoms with Crippen molar-refractivity contribution in [2.45, 2.75) is 102 Å². The second-order valence-corrected chi connectivity index (χ2v) is 10.3. The summed E-state index contributed by atoms with van der Waals surface area (Å²) in [5.41, 5.74) is 0.947. The summed E-state index contributed by atoms with van der Waals surface area (Å²) in [6.45, 7) is 9.15. The first-order chi connectivity index (χ1) is 16.3.